The maximum absolute atomic E-state index is 12.4. The Morgan fingerprint density at radius 3 is 2.84 bits per heavy atom. The average Bonchev–Trinajstić information content (AvgIpc) is 3.19. The molecule has 0 aliphatic carbocycles. The number of aromatic amines is 1. The number of hydrogen-bond acceptors (Lipinski definition) is 4. The molecule has 4 rings (SSSR count). The first-order valence-corrected chi connectivity index (χ1v) is 9.39. The van der Waals surface area contributed by atoms with E-state index in [4.69, 9.17) is 0 Å². The molecule has 0 saturated carbocycles. The van der Waals surface area contributed by atoms with Crippen LogP contribution in [-0.2, 0) is 0 Å². The Morgan fingerprint density at radius 2 is 2.12 bits per heavy atom. The zero-order valence-corrected chi connectivity index (χ0v) is 15.4. The summed E-state index contributed by atoms with van der Waals surface area (Å²) in [5.41, 5.74) is 1.39. The van der Waals surface area contributed by atoms with E-state index in [1.165, 1.54) is 16.2 Å². The third-order valence-electron chi connectivity index (χ3n) is 4.52. The van der Waals surface area contributed by atoms with Crippen molar-refractivity contribution in [3.05, 3.63) is 61.9 Å². The summed E-state index contributed by atoms with van der Waals surface area (Å²) in [6.45, 7) is 0.411. The highest BCUT2D eigenvalue weighted by Crippen LogP contribution is 2.42. The molecule has 0 radical (unpaired) electrons. The minimum absolute atomic E-state index is 0.0417. The second-order valence-electron chi connectivity index (χ2n) is 5.94. The van der Waals surface area contributed by atoms with E-state index in [1.54, 1.807) is 6.07 Å². The van der Waals surface area contributed by atoms with E-state index in [0.717, 1.165) is 9.35 Å². The molecule has 1 aromatic carbocycles. The Kier molecular flexibility index (Phi) is 4.09. The molecule has 1 aliphatic rings. The number of benzene rings is 1. The fraction of sp³-hybridized carbons (Fsp3) is 0.235. The molecule has 6 nitrogen and oxygen atoms in total. The van der Waals surface area contributed by atoms with Gasteiger partial charge in [0.25, 0.3) is 5.56 Å². The first-order chi connectivity index (χ1) is 12.0. The highest BCUT2D eigenvalue weighted by atomic mass is 79.9. The van der Waals surface area contributed by atoms with Crippen molar-refractivity contribution >= 4 is 43.6 Å². The number of thiophene rings is 1. The molecule has 3 heterocycles. The normalized spacial score (nSPS) is 20.3. The molecule has 8 heteroatoms. The first-order valence-electron chi connectivity index (χ1n) is 7.78. The lowest BCUT2D eigenvalue weighted by molar-refractivity contribution is 0.136. The molecule has 1 amide bonds. The number of carboxylic acid groups (broad SMARTS) is 1. The molecule has 1 aliphatic heterocycles. The van der Waals surface area contributed by atoms with Gasteiger partial charge in [0.1, 0.15) is 16.6 Å². The summed E-state index contributed by atoms with van der Waals surface area (Å²) < 4.78 is 1.35. The van der Waals surface area contributed by atoms with Gasteiger partial charge in [-0.25, -0.2) is 9.78 Å². The molecule has 0 spiro atoms. The van der Waals surface area contributed by atoms with Crippen LogP contribution >= 0.6 is 27.3 Å². The van der Waals surface area contributed by atoms with Gasteiger partial charge < -0.3 is 10.1 Å². The number of nitrogens with one attached hydrogen (secondary N) is 1. The van der Waals surface area contributed by atoms with Crippen LogP contribution in [0.25, 0.3) is 10.2 Å². The van der Waals surface area contributed by atoms with E-state index >= 15 is 0 Å². The van der Waals surface area contributed by atoms with Crippen LogP contribution in [0.1, 0.15) is 29.8 Å². The molecular weight excluding hydrogens is 406 g/mol. The number of H-pyrrole nitrogens is 1. The maximum Gasteiger partial charge on any atom is 0.407 e. The number of hydrogen-bond donors (Lipinski definition) is 2. The van der Waals surface area contributed by atoms with Crippen LogP contribution in [0.3, 0.4) is 0 Å². The fourth-order valence-corrected chi connectivity index (χ4v) is 4.88. The zero-order chi connectivity index (χ0) is 17.6. The Bertz CT molecular complexity index is 1000. The lowest BCUT2D eigenvalue weighted by atomic mass is 9.91. The molecule has 1 saturated heterocycles. The van der Waals surface area contributed by atoms with Gasteiger partial charge in [-0.2, -0.15) is 0 Å². The quantitative estimate of drug-likeness (QED) is 0.657. The van der Waals surface area contributed by atoms with Crippen molar-refractivity contribution in [3.8, 4) is 0 Å². The van der Waals surface area contributed by atoms with Crippen LogP contribution in [0.4, 0.5) is 4.79 Å². The van der Waals surface area contributed by atoms with Gasteiger partial charge >= 0.3 is 6.09 Å². The molecule has 1 fully saturated rings. The molecular formula is C17H14BrN3O3S. The second-order valence-corrected chi connectivity index (χ2v) is 8.37. The van der Waals surface area contributed by atoms with Crippen LogP contribution in [0.2, 0.25) is 0 Å². The van der Waals surface area contributed by atoms with E-state index in [-0.39, 0.29) is 11.5 Å². The molecule has 2 atom stereocenters. The summed E-state index contributed by atoms with van der Waals surface area (Å²) >= 11 is 4.69. The van der Waals surface area contributed by atoms with Crippen molar-refractivity contribution in [1.82, 2.24) is 14.9 Å². The van der Waals surface area contributed by atoms with Crippen LogP contribution in [0, 0.1) is 0 Å². The van der Waals surface area contributed by atoms with Crippen LogP contribution in [-0.4, -0.2) is 32.6 Å². The number of nitrogens with zero attached hydrogens (tertiary/aromatic N) is 2. The summed E-state index contributed by atoms with van der Waals surface area (Å²) in [5, 5.41) is 9.60. The zero-order valence-electron chi connectivity index (χ0n) is 13.0. The summed E-state index contributed by atoms with van der Waals surface area (Å²) in [5.74, 6) is 0.358. The van der Waals surface area contributed by atoms with Gasteiger partial charge in [0.2, 0.25) is 0 Å². The van der Waals surface area contributed by atoms with Gasteiger partial charge in [-0.1, -0.05) is 30.3 Å². The van der Waals surface area contributed by atoms with E-state index < -0.39 is 12.1 Å². The van der Waals surface area contributed by atoms with Crippen molar-refractivity contribution < 1.29 is 9.90 Å². The number of halogens is 1. The topological polar surface area (TPSA) is 86.3 Å². The van der Waals surface area contributed by atoms with Crippen molar-refractivity contribution in [3.63, 3.8) is 0 Å². The molecule has 0 unspecified atom stereocenters. The molecule has 128 valence electrons. The Balaban J connectivity index is 1.86. The van der Waals surface area contributed by atoms with E-state index in [2.05, 4.69) is 25.9 Å². The minimum Gasteiger partial charge on any atom is -0.465 e. The third kappa shape index (κ3) is 2.85. The largest absolute Gasteiger partial charge is 0.465 e. The van der Waals surface area contributed by atoms with Crippen LogP contribution in [0.15, 0.2) is 45.0 Å². The first kappa shape index (κ1) is 16.3. The smallest absolute Gasteiger partial charge is 0.407 e. The Hall–Kier alpha value is -2.19. The fourth-order valence-electron chi connectivity index (χ4n) is 3.46. The molecule has 2 aromatic heterocycles. The maximum atomic E-state index is 12.4. The lowest BCUT2D eigenvalue weighted by Crippen LogP contribution is -2.32. The van der Waals surface area contributed by atoms with Crippen molar-refractivity contribution in [2.24, 2.45) is 0 Å². The van der Waals surface area contributed by atoms with Crippen LogP contribution in [0.5, 0.6) is 0 Å². The molecule has 2 N–H and O–H groups in total. The highest BCUT2D eigenvalue weighted by molar-refractivity contribution is 9.11. The van der Waals surface area contributed by atoms with E-state index in [9.17, 15) is 14.7 Å². The van der Waals surface area contributed by atoms with Gasteiger partial charge in [0, 0.05) is 12.5 Å². The molecule has 3 aromatic rings. The van der Waals surface area contributed by atoms with Crippen LogP contribution < -0.4 is 5.56 Å². The van der Waals surface area contributed by atoms with Crippen molar-refractivity contribution in [2.75, 3.05) is 6.54 Å². The third-order valence-corrected chi connectivity index (χ3v) is 6.15. The van der Waals surface area contributed by atoms with Crippen molar-refractivity contribution in [1.29, 1.82) is 0 Å². The molecule has 0 bridgehead atoms. The summed E-state index contributed by atoms with van der Waals surface area (Å²) in [6.07, 6.45) is -0.312. The highest BCUT2D eigenvalue weighted by Gasteiger charge is 2.40. The number of likely N-dealkylation sites (tertiary alicyclic amines) is 1. The minimum atomic E-state index is -1.00. The number of amides is 1. The second kappa shape index (κ2) is 6.27. The van der Waals surface area contributed by atoms with E-state index in [1.807, 2.05) is 30.3 Å². The Morgan fingerprint density at radius 1 is 1.36 bits per heavy atom. The molecule has 25 heavy (non-hydrogen) atoms. The van der Waals surface area contributed by atoms with Gasteiger partial charge in [-0.05, 0) is 34.0 Å². The summed E-state index contributed by atoms with van der Waals surface area (Å²) in [4.78, 5) is 32.9. The predicted octanol–water partition coefficient (Wildman–Crippen LogP) is 3.96. The number of rotatable bonds is 2. The van der Waals surface area contributed by atoms with Gasteiger partial charge in [-0.3, -0.25) is 9.69 Å². The average molecular weight is 420 g/mol. The number of aromatic nitrogens is 2. The van der Waals surface area contributed by atoms with Crippen molar-refractivity contribution in [2.45, 2.75) is 18.4 Å². The summed E-state index contributed by atoms with van der Waals surface area (Å²) in [7, 11) is 0. The van der Waals surface area contributed by atoms with Gasteiger partial charge in [-0.15, -0.1) is 11.3 Å². The standard InChI is InChI=1S/C17H14BrN3O3S/c18-12-8-11-14(25-12)16(22)20-15(19-11)13-10(6-7-21(13)17(23)24)9-4-2-1-3-5-9/h1-5,8,10,13H,6-7H2,(H,23,24)(H,19,20,22)/t10-,13-/m1/s1. The number of carbonyl (C=O) groups is 1. The number of fused-ring (bicyclic) bond motifs is 1. The monoisotopic (exact) mass is 419 g/mol. The lowest BCUT2D eigenvalue weighted by Gasteiger charge is -2.25. The Labute approximate surface area is 155 Å². The predicted molar refractivity (Wildman–Crippen MR) is 99.2 cm³/mol. The van der Waals surface area contributed by atoms with Gasteiger partial charge in [0.05, 0.1) is 9.30 Å². The summed E-state index contributed by atoms with van der Waals surface area (Å²) in [6, 6.07) is 11.1. The van der Waals surface area contributed by atoms with E-state index in [0.29, 0.717) is 29.0 Å². The van der Waals surface area contributed by atoms with Gasteiger partial charge in [0.15, 0.2) is 0 Å². The SMILES string of the molecule is O=C(O)N1CC[C@H](c2ccccc2)[C@@H]1c1nc2cc(Br)sc2c(=O)[nH]1.